The predicted octanol–water partition coefficient (Wildman–Crippen LogP) is 5.04. The molecule has 0 bridgehead atoms. The number of hydrogen-bond acceptors (Lipinski definition) is 1. The van der Waals surface area contributed by atoms with Crippen molar-refractivity contribution in [2.24, 2.45) is 0 Å². The third kappa shape index (κ3) is 4.06. The van der Waals surface area contributed by atoms with E-state index in [0.29, 0.717) is 0 Å². The van der Waals surface area contributed by atoms with Gasteiger partial charge in [0.2, 0.25) is 0 Å². The first-order valence-electron chi connectivity index (χ1n) is 7.06. The maximum atomic E-state index is 4.53. The van der Waals surface area contributed by atoms with Gasteiger partial charge >= 0.3 is 0 Å². The molecule has 2 rings (SSSR count). The summed E-state index contributed by atoms with van der Waals surface area (Å²) in [5.74, 6) is 0. The van der Waals surface area contributed by atoms with Crippen LogP contribution in [0.3, 0.4) is 0 Å². The maximum Gasteiger partial charge on any atom is 0.0737 e. The van der Waals surface area contributed by atoms with Gasteiger partial charge < -0.3 is 0 Å². The van der Waals surface area contributed by atoms with E-state index >= 15 is 0 Å². The van der Waals surface area contributed by atoms with Crippen LogP contribution in [0, 0.1) is 0 Å². The molecule has 1 nitrogen and oxygen atoms in total. The number of pyridine rings is 1. The maximum absolute atomic E-state index is 4.53. The largest absolute Gasteiger partial charge is 0.256 e. The van der Waals surface area contributed by atoms with Gasteiger partial charge in [-0.15, -0.1) is 0 Å². The van der Waals surface area contributed by atoms with Crippen molar-refractivity contribution < 1.29 is 0 Å². The quantitative estimate of drug-likeness (QED) is 0.518. The summed E-state index contributed by atoms with van der Waals surface area (Å²) in [4.78, 5) is 4.53. The zero-order valence-electron chi connectivity index (χ0n) is 11.5. The van der Waals surface area contributed by atoms with E-state index in [1.165, 1.54) is 30.4 Å². The molecule has 0 aliphatic carbocycles. The summed E-state index contributed by atoms with van der Waals surface area (Å²) in [5.41, 5.74) is 3.59. The summed E-state index contributed by atoms with van der Waals surface area (Å²) < 4.78 is 0. The van der Waals surface area contributed by atoms with Gasteiger partial charge in [-0.2, -0.15) is 0 Å². The van der Waals surface area contributed by atoms with Crippen LogP contribution in [0.2, 0.25) is 0 Å². The van der Waals surface area contributed by atoms with Crippen molar-refractivity contribution in [3.63, 3.8) is 0 Å². The highest BCUT2D eigenvalue weighted by Crippen LogP contribution is 2.21. The zero-order valence-corrected chi connectivity index (χ0v) is 11.5. The van der Waals surface area contributed by atoms with Gasteiger partial charge in [0.05, 0.1) is 5.69 Å². The van der Waals surface area contributed by atoms with Crippen LogP contribution in [0.25, 0.3) is 11.3 Å². The van der Waals surface area contributed by atoms with Crippen LogP contribution in [-0.2, 0) is 6.42 Å². The number of rotatable bonds is 6. The number of nitrogens with zero attached hydrogens (tertiary/aromatic N) is 1. The van der Waals surface area contributed by atoms with Crippen LogP contribution in [0.5, 0.6) is 0 Å². The third-order valence-electron chi connectivity index (χ3n) is 3.17. The molecule has 19 heavy (non-hydrogen) atoms. The summed E-state index contributed by atoms with van der Waals surface area (Å²) in [7, 11) is 0. The number of unbranched alkanes of at least 4 members (excludes halogenated alkanes) is 2. The van der Waals surface area contributed by atoms with Crippen LogP contribution in [0.1, 0.15) is 31.7 Å². The molecule has 1 heterocycles. The summed E-state index contributed by atoms with van der Waals surface area (Å²) in [6, 6.07) is 14.6. The van der Waals surface area contributed by atoms with E-state index in [1.807, 2.05) is 18.3 Å². The standard InChI is InChI=1S/C18H21N/c1-2-3-4-5-7-11-17-14-10-15-19-18(17)16-12-8-6-9-13-16/h5-10,12-15H,2-4,11H2,1H3/b7-5+. The predicted molar refractivity (Wildman–Crippen MR) is 82.0 cm³/mol. The zero-order chi connectivity index (χ0) is 13.3. The molecule has 1 heteroatoms. The molecule has 0 aliphatic rings. The fourth-order valence-electron chi connectivity index (χ4n) is 2.11. The summed E-state index contributed by atoms with van der Waals surface area (Å²) in [6.45, 7) is 2.22. The van der Waals surface area contributed by atoms with E-state index in [-0.39, 0.29) is 0 Å². The molecular weight excluding hydrogens is 230 g/mol. The molecule has 1 aromatic heterocycles. The highest BCUT2D eigenvalue weighted by molar-refractivity contribution is 5.62. The van der Waals surface area contributed by atoms with Crippen molar-refractivity contribution in [1.82, 2.24) is 4.98 Å². The minimum Gasteiger partial charge on any atom is -0.256 e. The Labute approximate surface area is 116 Å². The van der Waals surface area contributed by atoms with Crippen LogP contribution in [-0.4, -0.2) is 4.98 Å². The molecule has 0 unspecified atom stereocenters. The molecule has 0 amide bonds. The molecule has 0 saturated heterocycles. The van der Waals surface area contributed by atoms with E-state index in [0.717, 1.165) is 12.1 Å². The van der Waals surface area contributed by atoms with Crippen LogP contribution in [0.15, 0.2) is 60.8 Å². The molecule has 0 atom stereocenters. The van der Waals surface area contributed by atoms with Crippen molar-refractivity contribution in [3.05, 3.63) is 66.4 Å². The Hall–Kier alpha value is -1.89. The number of benzene rings is 1. The topological polar surface area (TPSA) is 12.9 Å². The van der Waals surface area contributed by atoms with Gasteiger partial charge in [-0.05, 0) is 24.5 Å². The SMILES string of the molecule is CCCC/C=C/Cc1cccnc1-c1ccccc1. The molecular formula is C18H21N. The van der Waals surface area contributed by atoms with Gasteiger partial charge in [0, 0.05) is 11.8 Å². The molecule has 1 aromatic carbocycles. The number of allylic oxidation sites excluding steroid dienone is 2. The second kappa shape index (κ2) is 7.52. The van der Waals surface area contributed by atoms with Gasteiger partial charge in [-0.25, -0.2) is 0 Å². The van der Waals surface area contributed by atoms with Crippen molar-refractivity contribution in [2.75, 3.05) is 0 Å². The lowest BCUT2D eigenvalue weighted by Crippen LogP contribution is -1.91. The van der Waals surface area contributed by atoms with Gasteiger partial charge in [0.1, 0.15) is 0 Å². The fraction of sp³-hybridized carbons (Fsp3) is 0.278. The Morgan fingerprint density at radius 2 is 1.84 bits per heavy atom. The number of hydrogen-bond donors (Lipinski definition) is 0. The van der Waals surface area contributed by atoms with Gasteiger partial charge in [-0.1, -0.05) is 68.3 Å². The monoisotopic (exact) mass is 251 g/mol. The minimum atomic E-state index is 0.960. The summed E-state index contributed by atoms with van der Waals surface area (Å²) >= 11 is 0. The van der Waals surface area contributed by atoms with E-state index in [1.54, 1.807) is 0 Å². The first-order valence-corrected chi connectivity index (χ1v) is 7.06. The van der Waals surface area contributed by atoms with Gasteiger partial charge in [0.25, 0.3) is 0 Å². The van der Waals surface area contributed by atoms with Crippen molar-refractivity contribution in [3.8, 4) is 11.3 Å². The second-order valence-corrected chi connectivity index (χ2v) is 4.69. The smallest absolute Gasteiger partial charge is 0.0737 e. The van der Waals surface area contributed by atoms with Gasteiger partial charge in [-0.3, -0.25) is 4.98 Å². The average molecular weight is 251 g/mol. The molecule has 0 aliphatic heterocycles. The lowest BCUT2D eigenvalue weighted by Gasteiger charge is -2.06. The van der Waals surface area contributed by atoms with Crippen molar-refractivity contribution in [1.29, 1.82) is 0 Å². The Balaban J connectivity index is 2.11. The first-order chi connectivity index (χ1) is 9.42. The molecule has 0 N–H and O–H groups in total. The van der Waals surface area contributed by atoms with E-state index in [2.05, 4.69) is 54.4 Å². The molecule has 2 aromatic rings. The Kier molecular flexibility index (Phi) is 5.36. The third-order valence-corrected chi connectivity index (χ3v) is 3.17. The second-order valence-electron chi connectivity index (χ2n) is 4.69. The van der Waals surface area contributed by atoms with Crippen LogP contribution >= 0.6 is 0 Å². The normalized spacial score (nSPS) is 11.0. The fourth-order valence-corrected chi connectivity index (χ4v) is 2.11. The Bertz CT molecular complexity index is 514. The van der Waals surface area contributed by atoms with E-state index < -0.39 is 0 Å². The minimum absolute atomic E-state index is 0.960. The van der Waals surface area contributed by atoms with Crippen molar-refractivity contribution in [2.45, 2.75) is 32.6 Å². The highest BCUT2D eigenvalue weighted by Gasteiger charge is 2.03. The summed E-state index contributed by atoms with van der Waals surface area (Å²) in [5, 5.41) is 0. The van der Waals surface area contributed by atoms with Crippen molar-refractivity contribution >= 4 is 0 Å². The van der Waals surface area contributed by atoms with Crippen LogP contribution in [0.4, 0.5) is 0 Å². The molecule has 0 fully saturated rings. The molecule has 0 radical (unpaired) electrons. The van der Waals surface area contributed by atoms with E-state index in [9.17, 15) is 0 Å². The molecule has 0 spiro atoms. The lowest BCUT2D eigenvalue weighted by atomic mass is 10.0. The van der Waals surface area contributed by atoms with E-state index in [4.69, 9.17) is 0 Å². The lowest BCUT2D eigenvalue weighted by molar-refractivity contribution is 0.813. The average Bonchev–Trinajstić information content (AvgIpc) is 2.48. The summed E-state index contributed by atoms with van der Waals surface area (Å²) in [6.07, 6.45) is 11.1. The van der Waals surface area contributed by atoms with Gasteiger partial charge in [0.15, 0.2) is 0 Å². The number of aromatic nitrogens is 1. The Morgan fingerprint density at radius 3 is 2.63 bits per heavy atom. The van der Waals surface area contributed by atoms with Crippen LogP contribution < -0.4 is 0 Å². The molecule has 98 valence electrons. The molecule has 0 saturated carbocycles. The first kappa shape index (κ1) is 13.5. The Morgan fingerprint density at radius 1 is 1.00 bits per heavy atom. The highest BCUT2D eigenvalue weighted by atomic mass is 14.7.